The number of nitrogens with one attached hydrogen (secondary N) is 1. The van der Waals surface area contributed by atoms with Gasteiger partial charge in [-0.05, 0) is 37.3 Å². The minimum absolute atomic E-state index is 0.146. The molecule has 1 aliphatic heterocycles. The van der Waals surface area contributed by atoms with Crippen molar-refractivity contribution in [3.05, 3.63) is 18.2 Å². The molecule has 1 aromatic rings. The Balaban J connectivity index is 1.88. The average molecular weight is 311 g/mol. The Labute approximate surface area is 131 Å². The van der Waals surface area contributed by atoms with Crippen LogP contribution in [-0.2, 0) is 0 Å². The molecule has 1 atom stereocenters. The van der Waals surface area contributed by atoms with Gasteiger partial charge in [-0.2, -0.15) is 0 Å². The molecule has 0 fully saturated rings. The van der Waals surface area contributed by atoms with E-state index in [-0.39, 0.29) is 12.1 Å². The van der Waals surface area contributed by atoms with Crippen LogP contribution < -0.4 is 14.8 Å². The van der Waals surface area contributed by atoms with Gasteiger partial charge in [0.25, 0.3) is 0 Å². The summed E-state index contributed by atoms with van der Waals surface area (Å²) < 4.78 is 11.1. The number of aliphatic hydroxyl groups is 1. The summed E-state index contributed by atoms with van der Waals surface area (Å²) >= 11 is 1.78. The van der Waals surface area contributed by atoms with E-state index < -0.39 is 0 Å². The van der Waals surface area contributed by atoms with E-state index >= 15 is 0 Å². The van der Waals surface area contributed by atoms with Gasteiger partial charge >= 0.3 is 0 Å². The largest absolute Gasteiger partial charge is 0.486 e. The highest BCUT2D eigenvalue weighted by Crippen LogP contribution is 2.34. The van der Waals surface area contributed by atoms with Crippen molar-refractivity contribution >= 4 is 11.8 Å². The molecule has 1 unspecified atom stereocenters. The van der Waals surface area contributed by atoms with Crippen LogP contribution in [0.5, 0.6) is 11.5 Å². The van der Waals surface area contributed by atoms with Crippen molar-refractivity contribution in [1.82, 2.24) is 5.32 Å². The Hall–Kier alpha value is -0.910. The highest BCUT2D eigenvalue weighted by Gasteiger charge is 2.23. The van der Waals surface area contributed by atoms with Crippen LogP contribution in [0.3, 0.4) is 0 Å². The van der Waals surface area contributed by atoms with Crippen molar-refractivity contribution in [2.45, 2.75) is 43.7 Å². The SMILES string of the molecule is CC(C)NC(C)(CO)CCSc1ccc2c(c1)OCCO2. The zero-order chi connectivity index (χ0) is 15.3. The van der Waals surface area contributed by atoms with E-state index in [0.29, 0.717) is 19.3 Å². The first-order chi connectivity index (χ1) is 10.0. The van der Waals surface area contributed by atoms with Crippen molar-refractivity contribution in [2.75, 3.05) is 25.6 Å². The van der Waals surface area contributed by atoms with Crippen molar-refractivity contribution < 1.29 is 14.6 Å². The molecular weight excluding hydrogens is 286 g/mol. The number of ether oxygens (including phenoxy) is 2. The number of fused-ring (bicyclic) bond motifs is 1. The predicted molar refractivity (Wildman–Crippen MR) is 86.5 cm³/mol. The van der Waals surface area contributed by atoms with E-state index in [9.17, 15) is 5.11 Å². The maximum atomic E-state index is 9.58. The molecule has 2 rings (SSSR count). The van der Waals surface area contributed by atoms with Gasteiger partial charge in [-0.1, -0.05) is 13.8 Å². The van der Waals surface area contributed by atoms with E-state index in [0.717, 1.165) is 23.7 Å². The van der Waals surface area contributed by atoms with Crippen molar-refractivity contribution in [3.8, 4) is 11.5 Å². The van der Waals surface area contributed by atoms with Gasteiger partial charge in [-0.3, -0.25) is 0 Å². The smallest absolute Gasteiger partial charge is 0.162 e. The van der Waals surface area contributed by atoms with E-state index in [1.807, 2.05) is 12.1 Å². The summed E-state index contributed by atoms with van der Waals surface area (Å²) in [5.74, 6) is 2.60. The Morgan fingerprint density at radius 2 is 2.00 bits per heavy atom. The summed E-state index contributed by atoms with van der Waals surface area (Å²) in [6, 6.07) is 6.42. The van der Waals surface area contributed by atoms with Crippen LogP contribution in [0.15, 0.2) is 23.1 Å². The molecule has 1 heterocycles. The number of hydrogen-bond donors (Lipinski definition) is 2. The fraction of sp³-hybridized carbons (Fsp3) is 0.625. The summed E-state index contributed by atoms with van der Waals surface area (Å²) in [6.45, 7) is 7.64. The van der Waals surface area contributed by atoms with Gasteiger partial charge in [0.15, 0.2) is 11.5 Å². The van der Waals surface area contributed by atoms with Gasteiger partial charge in [-0.25, -0.2) is 0 Å². The van der Waals surface area contributed by atoms with E-state index in [1.165, 1.54) is 4.90 Å². The van der Waals surface area contributed by atoms with Crippen LogP contribution in [0.4, 0.5) is 0 Å². The maximum absolute atomic E-state index is 9.58. The van der Waals surface area contributed by atoms with Gasteiger partial charge in [0.05, 0.1) is 6.61 Å². The second-order valence-electron chi connectivity index (χ2n) is 5.92. The van der Waals surface area contributed by atoms with Gasteiger partial charge in [0, 0.05) is 16.5 Å². The zero-order valence-corrected chi connectivity index (χ0v) is 13.8. The topological polar surface area (TPSA) is 50.7 Å². The molecule has 4 nitrogen and oxygen atoms in total. The molecule has 0 saturated heterocycles. The minimum atomic E-state index is -0.227. The molecular formula is C16H25NO3S. The fourth-order valence-corrected chi connectivity index (χ4v) is 3.54. The Kier molecular flexibility index (Phi) is 5.79. The molecule has 1 aliphatic rings. The van der Waals surface area contributed by atoms with Crippen LogP contribution in [0.1, 0.15) is 27.2 Å². The molecule has 5 heteroatoms. The van der Waals surface area contributed by atoms with E-state index in [4.69, 9.17) is 9.47 Å². The lowest BCUT2D eigenvalue weighted by molar-refractivity contribution is 0.162. The number of hydrogen-bond acceptors (Lipinski definition) is 5. The Morgan fingerprint density at radius 3 is 2.67 bits per heavy atom. The third-order valence-corrected chi connectivity index (χ3v) is 4.42. The van der Waals surface area contributed by atoms with Crippen LogP contribution >= 0.6 is 11.8 Å². The first kappa shape index (κ1) is 16.5. The average Bonchev–Trinajstić information content (AvgIpc) is 2.46. The standard InChI is InChI=1S/C16H25NO3S/c1-12(2)17-16(3,11-18)6-9-21-13-4-5-14-15(10-13)20-8-7-19-14/h4-5,10,12,17-18H,6-9,11H2,1-3H3. The number of rotatable bonds is 7. The molecule has 0 spiro atoms. The number of aliphatic hydroxyl groups excluding tert-OH is 1. The van der Waals surface area contributed by atoms with Gasteiger partial charge in [0.1, 0.15) is 13.2 Å². The summed E-state index contributed by atoms with van der Waals surface area (Å²) in [5.41, 5.74) is -0.227. The van der Waals surface area contributed by atoms with Gasteiger partial charge in [-0.15, -0.1) is 11.8 Å². The zero-order valence-electron chi connectivity index (χ0n) is 13.0. The van der Waals surface area contributed by atoms with Crippen molar-refractivity contribution in [2.24, 2.45) is 0 Å². The van der Waals surface area contributed by atoms with Gasteiger partial charge in [0.2, 0.25) is 0 Å². The van der Waals surface area contributed by atoms with Gasteiger partial charge < -0.3 is 19.9 Å². The summed E-state index contributed by atoms with van der Waals surface area (Å²) in [6.07, 6.45) is 0.904. The highest BCUT2D eigenvalue weighted by atomic mass is 32.2. The third kappa shape index (κ3) is 4.80. The lowest BCUT2D eigenvalue weighted by Gasteiger charge is -2.31. The molecule has 0 radical (unpaired) electrons. The van der Waals surface area contributed by atoms with E-state index in [2.05, 4.69) is 32.2 Å². The number of thioether (sulfide) groups is 1. The quantitative estimate of drug-likeness (QED) is 0.758. The minimum Gasteiger partial charge on any atom is -0.486 e. The molecule has 2 N–H and O–H groups in total. The van der Waals surface area contributed by atoms with Crippen LogP contribution in [0.2, 0.25) is 0 Å². The van der Waals surface area contributed by atoms with Crippen LogP contribution in [0, 0.1) is 0 Å². The van der Waals surface area contributed by atoms with Crippen molar-refractivity contribution in [3.63, 3.8) is 0 Å². The second-order valence-corrected chi connectivity index (χ2v) is 7.09. The first-order valence-corrected chi connectivity index (χ1v) is 8.42. The molecule has 118 valence electrons. The van der Waals surface area contributed by atoms with Crippen LogP contribution in [0.25, 0.3) is 0 Å². The molecule has 0 aromatic heterocycles. The number of benzene rings is 1. The summed E-state index contributed by atoms with van der Waals surface area (Å²) in [5, 5.41) is 13.0. The highest BCUT2D eigenvalue weighted by molar-refractivity contribution is 7.99. The monoisotopic (exact) mass is 311 g/mol. The normalized spacial score (nSPS) is 16.8. The molecule has 0 amide bonds. The Morgan fingerprint density at radius 1 is 1.29 bits per heavy atom. The molecule has 0 aliphatic carbocycles. The maximum Gasteiger partial charge on any atom is 0.162 e. The lowest BCUT2D eigenvalue weighted by atomic mass is 9.99. The van der Waals surface area contributed by atoms with E-state index in [1.54, 1.807) is 11.8 Å². The Bertz CT molecular complexity index is 467. The van der Waals surface area contributed by atoms with Crippen LogP contribution in [-0.4, -0.2) is 42.3 Å². The lowest BCUT2D eigenvalue weighted by Crippen LogP contribution is -2.49. The predicted octanol–water partition coefficient (Wildman–Crippen LogP) is 2.69. The molecule has 0 saturated carbocycles. The first-order valence-electron chi connectivity index (χ1n) is 7.43. The van der Waals surface area contributed by atoms with Crippen molar-refractivity contribution in [1.29, 1.82) is 0 Å². The molecule has 0 bridgehead atoms. The summed E-state index contributed by atoms with van der Waals surface area (Å²) in [4.78, 5) is 1.17. The molecule has 1 aromatic carbocycles. The molecule has 21 heavy (non-hydrogen) atoms. The summed E-state index contributed by atoms with van der Waals surface area (Å²) in [7, 11) is 0. The second kappa shape index (κ2) is 7.38. The fourth-order valence-electron chi connectivity index (χ4n) is 2.40. The third-order valence-electron chi connectivity index (χ3n) is 3.42.